The third kappa shape index (κ3) is 4.21. The monoisotopic (exact) mass is 352 g/mol. The number of hydrogen-bond acceptors (Lipinski definition) is 2. The van der Waals surface area contributed by atoms with E-state index in [0.717, 1.165) is 36.8 Å². The zero-order valence-corrected chi connectivity index (χ0v) is 14.8. The maximum atomic E-state index is 12.4. The molecule has 0 unspecified atom stereocenters. The first-order valence-electron chi connectivity index (χ1n) is 8.74. The van der Waals surface area contributed by atoms with Crippen LogP contribution in [-0.4, -0.2) is 5.91 Å². The Morgan fingerprint density at radius 2 is 1.84 bits per heavy atom. The van der Waals surface area contributed by atoms with Gasteiger partial charge in [-0.3, -0.25) is 4.79 Å². The van der Waals surface area contributed by atoms with Crippen molar-refractivity contribution in [2.24, 2.45) is 5.92 Å². The minimum absolute atomic E-state index is 0.0726. The Hall–Kier alpha value is -2.31. The van der Waals surface area contributed by atoms with Crippen molar-refractivity contribution in [3.63, 3.8) is 0 Å². The molecule has 0 heterocycles. The molecule has 2 aromatic carbocycles. The minimum Gasteiger partial charge on any atom is -0.326 e. The topological polar surface area (TPSA) is 52.9 Å². The number of nitrogens with zero attached hydrogens (tertiary/aromatic N) is 1. The van der Waals surface area contributed by atoms with Gasteiger partial charge in [0.15, 0.2) is 0 Å². The molecule has 1 N–H and O–H groups in total. The number of carbonyl (C=O) groups excluding carboxylic acids is 1. The smallest absolute Gasteiger partial charge is 0.227 e. The molecule has 2 aromatic rings. The van der Waals surface area contributed by atoms with Gasteiger partial charge in [-0.1, -0.05) is 67.3 Å². The van der Waals surface area contributed by atoms with Gasteiger partial charge in [0, 0.05) is 16.6 Å². The summed E-state index contributed by atoms with van der Waals surface area (Å²) in [6.07, 6.45) is 5.39. The molecule has 1 aliphatic rings. The van der Waals surface area contributed by atoms with E-state index in [1.165, 1.54) is 6.42 Å². The van der Waals surface area contributed by atoms with Crippen LogP contribution >= 0.6 is 11.6 Å². The Morgan fingerprint density at radius 3 is 2.48 bits per heavy atom. The molecule has 3 rings (SSSR count). The Labute approximate surface area is 153 Å². The number of nitriles is 1. The molecule has 0 spiro atoms. The van der Waals surface area contributed by atoms with Gasteiger partial charge < -0.3 is 5.32 Å². The van der Waals surface area contributed by atoms with Crippen LogP contribution in [0.3, 0.4) is 0 Å². The van der Waals surface area contributed by atoms with Crippen LogP contribution < -0.4 is 5.32 Å². The van der Waals surface area contributed by atoms with Gasteiger partial charge in [0.1, 0.15) is 0 Å². The summed E-state index contributed by atoms with van der Waals surface area (Å²) in [7, 11) is 0. The molecule has 4 heteroatoms. The van der Waals surface area contributed by atoms with Gasteiger partial charge in [-0.25, -0.2) is 0 Å². The quantitative estimate of drug-likeness (QED) is 0.788. The molecule has 128 valence electrons. The lowest BCUT2D eigenvalue weighted by Gasteiger charge is -2.21. The Morgan fingerprint density at radius 1 is 1.12 bits per heavy atom. The van der Waals surface area contributed by atoms with E-state index in [2.05, 4.69) is 11.4 Å². The number of rotatable bonds is 4. The average molecular weight is 353 g/mol. The molecule has 0 saturated heterocycles. The summed E-state index contributed by atoms with van der Waals surface area (Å²) in [6.45, 7) is 0. The lowest BCUT2D eigenvalue weighted by Crippen LogP contribution is -2.24. The molecule has 1 saturated carbocycles. The van der Waals surface area contributed by atoms with E-state index in [1.807, 2.05) is 42.5 Å². The highest BCUT2D eigenvalue weighted by Crippen LogP contribution is 2.32. The van der Waals surface area contributed by atoms with E-state index in [0.29, 0.717) is 10.7 Å². The number of anilines is 1. The highest BCUT2D eigenvalue weighted by molar-refractivity contribution is 6.31. The predicted molar refractivity (Wildman–Crippen MR) is 101 cm³/mol. The molecule has 1 aliphatic carbocycles. The number of halogens is 1. The van der Waals surface area contributed by atoms with Gasteiger partial charge in [-0.2, -0.15) is 5.26 Å². The minimum atomic E-state index is -0.420. The lowest BCUT2D eigenvalue weighted by atomic mass is 9.88. The molecule has 0 aromatic heterocycles. The Kier molecular flexibility index (Phi) is 5.73. The summed E-state index contributed by atoms with van der Waals surface area (Å²) in [5.41, 5.74) is 2.35. The van der Waals surface area contributed by atoms with E-state index >= 15 is 0 Å². The third-order valence-electron chi connectivity index (χ3n) is 4.82. The van der Waals surface area contributed by atoms with Gasteiger partial charge >= 0.3 is 0 Å². The van der Waals surface area contributed by atoms with Crippen molar-refractivity contribution in [2.75, 3.05) is 5.32 Å². The van der Waals surface area contributed by atoms with Gasteiger partial charge in [-0.05, 0) is 36.1 Å². The number of hydrogen-bond donors (Lipinski definition) is 1. The van der Waals surface area contributed by atoms with E-state index < -0.39 is 5.92 Å². The first kappa shape index (κ1) is 17.5. The van der Waals surface area contributed by atoms with Crippen LogP contribution in [0.2, 0.25) is 5.02 Å². The molecule has 3 nitrogen and oxygen atoms in total. The lowest BCUT2D eigenvalue weighted by molar-refractivity contribution is -0.120. The highest BCUT2D eigenvalue weighted by Gasteiger charge is 2.22. The second-order valence-corrected chi connectivity index (χ2v) is 6.94. The molecular weight excluding hydrogens is 332 g/mol. The number of nitrogens with one attached hydrogen (secondary N) is 1. The van der Waals surface area contributed by atoms with Crippen LogP contribution in [0, 0.1) is 17.2 Å². The van der Waals surface area contributed by atoms with Crippen molar-refractivity contribution in [3.05, 3.63) is 64.7 Å². The molecule has 0 radical (unpaired) electrons. The van der Waals surface area contributed by atoms with Crippen LogP contribution in [0.15, 0.2) is 48.5 Å². The molecule has 1 fully saturated rings. The summed E-state index contributed by atoms with van der Waals surface area (Å²) in [5, 5.41) is 13.0. The number of carbonyl (C=O) groups is 1. The highest BCUT2D eigenvalue weighted by atomic mass is 35.5. The van der Waals surface area contributed by atoms with Gasteiger partial charge in [0.05, 0.1) is 12.0 Å². The second kappa shape index (κ2) is 8.18. The largest absolute Gasteiger partial charge is 0.326 e. The van der Waals surface area contributed by atoms with Crippen LogP contribution in [0.5, 0.6) is 0 Å². The number of benzene rings is 2. The summed E-state index contributed by atoms with van der Waals surface area (Å²) in [6, 6.07) is 17.3. The summed E-state index contributed by atoms with van der Waals surface area (Å²) < 4.78 is 0. The fraction of sp³-hybridized carbons (Fsp3) is 0.333. The molecule has 1 atom stereocenters. The van der Waals surface area contributed by atoms with Crippen molar-refractivity contribution in [3.8, 4) is 6.07 Å². The fourth-order valence-electron chi connectivity index (χ4n) is 3.42. The van der Waals surface area contributed by atoms with Crippen molar-refractivity contribution in [1.29, 1.82) is 5.26 Å². The van der Waals surface area contributed by atoms with Crippen LogP contribution in [0.25, 0.3) is 0 Å². The standard InChI is InChI=1S/C21H21ClN2O/c22-20-13-17(24-21(25)16-9-5-2-6-10-16)11-12-18(20)19(14-23)15-7-3-1-4-8-15/h1,3-4,7-8,11-13,16,19H,2,5-6,9-10H2,(H,24,25)/t19-/m1/s1. The predicted octanol–water partition coefficient (Wildman–Crippen LogP) is 5.51. The molecular formula is C21H21ClN2O. The summed E-state index contributed by atoms with van der Waals surface area (Å²) >= 11 is 6.42. The van der Waals surface area contributed by atoms with Crippen LogP contribution in [0.1, 0.15) is 49.1 Å². The van der Waals surface area contributed by atoms with Crippen molar-refractivity contribution >= 4 is 23.2 Å². The normalized spacial score (nSPS) is 16.0. The van der Waals surface area contributed by atoms with E-state index in [-0.39, 0.29) is 11.8 Å². The van der Waals surface area contributed by atoms with Crippen molar-refractivity contribution in [1.82, 2.24) is 0 Å². The fourth-order valence-corrected chi connectivity index (χ4v) is 3.71. The first-order valence-corrected chi connectivity index (χ1v) is 9.11. The third-order valence-corrected chi connectivity index (χ3v) is 5.14. The molecule has 1 amide bonds. The zero-order chi connectivity index (χ0) is 17.6. The van der Waals surface area contributed by atoms with Crippen molar-refractivity contribution in [2.45, 2.75) is 38.0 Å². The van der Waals surface area contributed by atoms with Crippen LogP contribution in [-0.2, 0) is 4.79 Å². The maximum Gasteiger partial charge on any atom is 0.227 e. The average Bonchev–Trinajstić information content (AvgIpc) is 2.65. The summed E-state index contributed by atoms with van der Waals surface area (Å²) in [5.74, 6) is -0.247. The Balaban J connectivity index is 1.76. The van der Waals surface area contributed by atoms with Gasteiger partial charge in [-0.15, -0.1) is 0 Å². The Bertz CT molecular complexity index is 776. The molecule has 0 bridgehead atoms. The SMILES string of the molecule is N#C[C@H](c1ccccc1)c1ccc(NC(=O)C2CCCCC2)cc1Cl. The van der Waals surface area contributed by atoms with Gasteiger partial charge in [0.25, 0.3) is 0 Å². The molecule has 25 heavy (non-hydrogen) atoms. The second-order valence-electron chi connectivity index (χ2n) is 6.53. The van der Waals surface area contributed by atoms with Gasteiger partial charge in [0.2, 0.25) is 5.91 Å². The maximum absolute atomic E-state index is 12.4. The zero-order valence-electron chi connectivity index (χ0n) is 14.0. The molecule has 0 aliphatic heterocycles. The van der Waals surface area contributed by atoms with E-state index in [4.69, 9.17) is 11.6 Å². The van der Waals surface area contributed by atoms with Crippen molar-refractivity contribution < 1.29 is 4.79 Å². The first-order chi connectivity index (χ1) is 12.2. The van der Waals surface area contributed by atoms with E-state index in [9.17, 15) is 10.1 Å². The number of amides is 1. The van der Waals surface area contributed by atoms with E-state index in [1.54, 1.807) is 6.07 Å². The summed E-state index contributed by atoms with van der Waals surface area (Å²) in [4.78, 5) is 12.4. The van der Waals surface area contributed by atoms with Crippen LogP contribution in [0.4, 0.5) is 5.69 Å².